The summed E-state index contributed by atoms with van der Waals surface area (Å²) < 4.78 is 1.59. The molecule has 1 aromatic carbocycles. The fraction of sp³-hybridized carbons (Fsp3) is 0.417. The van der Waals surface area contributed by atoms with Crippen LogP contribution in [-0.2, 0) is 0 Å². The van der Waals surface area contributed by atoms with E-state index < -0.39 is 5.60 Å². The van der Waals surface area contributed by atoms with Crippen LogP contribution in [0.4, 0.5) is 5.69 Å². The number of aliphatic hydroxyl groups is 1. The standard InChI is InChI=1S/C12H17N5O/c1-9(12(2,3)18)14-10-4-6-11(7-5-10)17-8-13-15-16-17/h4-9,14,18H,1-3H3. The molecule has 0 saturated heterocycles. The first-order valence-electron chi connectivity index (χ1n) is 5.79. The zero-order chi connectivity index (χ0) is 13.2. The molecule has 1 heterocycles. The zero-order valence-corrected chi connectivity index (χ0v) is 10.7. The van der Waals surface area contributed by atoms with Crippen molar-refractivity contribution in [3.63, 3.8) is 0 Å². The topological polar surface area (TPSA) is 75.9 Å². The smallest absolute Gasteiger partial charge is 0.143 e. The van der Waals surface area contributed by atoms with Crippen molar-refractivity contribution in [2.45, 2.75) is 32.4 Å². The molecule has 0 saturated carbocycles. The third kappa shape index (κ3) is 2.84. The number of anilines is 1. The molecular weight excluding hydrogens is 230 g/mol. The van der Waals surface area contributed by atoms with Gasteiger partial charge in [-0.2, -0.15) is 0 Å². The highest BCUT2D eigenvalue weighted by Gasteiger charge is 2.21. The second-order valence-electron chi connectivity index (χ2n) is 4.82. The molecule has 1 unspecified atom stereocenters. The second kappa shape index (κ2) is 4.73. The summed E-state index contributed by atoms with van der Waals surface area (Å²) in [6, 6.07) is 7.64. The molecule has 0 aliphatic rings. The molecule has 2 N–H and O–H groups in total. The molecule has 6 heteroatoms. The van der Waals surface area contributed by atoms with E-state index in [2.05, 4.69) is 20.8 Å². The van der Waals surface area contributed by atoms with Gasteiger partial charge in [-0.05, 0) is 55.5 Å². The van der Waals surface area contributed by atoms with E-state index in [1.807, 2.05) is 31.2 Å². The first kappa shape index (κ1) is 12.5. The van der Waals surface area contributed by atoms with Crippen LogP contribution in [-0.4, -0.2) is 37.0 Å². The molecule has 96 valence electrons. The second-order valence-corrected chi connectivity index (χ2v) is 4.82. The summed E-state index contributed by atoms with van der Waals surface area (Å²) in [5.74, 6) is 0. The van der Waals surface area contributed by atoms with Crippen molar-refractivity contribution in [2.75, 3.05) is 5.32 Å². The highest BCUT2D eigenvalue weighted by Crippen LogP contribution is 2.17. The maximum atomic E-state index is 9.86. The van der Waals surface area contributed by atoms with Crippen molar-refractivity contribution in [1.82, 2.24) is 20.2 Å². The lowest BCUT2D eigenvalue weighted by atomic mass is 10.0. The molecule has 0 aliphatic carbocycles. The van der Waals surface area contributed by atoms with Gasteiger partial charge in [0, 0.05) is 5.69 Å². The monoisotopic (exact) mass is 247 g/mol. The quantitative estimate of drug-likeness (QED) is 0.850. The van der Waals surface area contributed by atoms with Crippen molar-refractivity contribution >= 4 is 5.69 Å². The molecule has 18 heavy (non-hydrogen) atoms. The highest BCUT2D eigenvalue weighted by molar-refractivity contribution is 5.49. The van der Waals surface area contributed by atoms with E-state index in [1.165, 1.54) is 0 Å². The first-order chi connectivity index (χ1) is 8.47. The summed E-state index contributed by atoms with van der Waals surface area (Å²) in [7, 11) is 0. The van der Waals surface area contributed by atoms with Gasteiger partial charge in [-0.25, -0.2) is 4.68 Å². The average molecular weight is 247 g/mol. The van der Waals surface area contributed by atoms with Crippen LogP contribution < -0.4 is 5.32 Å². The van der Waals surface area contributed by atoms with Gasteiger partial charge in [0.15, 0.2) is 0 Å². The van der Waals surface area contributed by atoms with Crippen molar-refractivity contribution in [2.24, 2.45) is 0 Å². The van der Waals surface area contributed by atoms with Gasteiger partial charge in [0.25, 0.3) is 0 Å². The Labute approximate surface area is 106 Å². The van der Waals surface area contributed by atoms with Gasteiger partial charge in [0.05, 0.1) is 17.3 Å². The SMILES string of the molecule is CC(Nc1ccc(-n2cnnn2)cc1)C(C)(C)O. The summed E-state index contributed by atoms with van der Waals surface area (Å²) in [6.45, 7) is 5.50. The van der Waals surface area contributed by atoms with Gasteiger partial charge < -0.3 is 10.4 Å². The number of hydrogen-bond donors (Lipinski definition) is 2. The summed E-state index contributed by atoms with van der Waals surface area (Å²) in [4.78, 5) is 0. The van der Waals surface area contributed by atoms with Gasteiger partial charge in [0.2, 0.25) is 0 Å². The molecule has 1 aromatic heterocycles. The van der Waals surface area contributed by atoms with E-state index in [0.717, 1.165) is 11.4 Å². The Balaban J connectivity index is 2.09. The third-order valence-electron chi connectivity index (χ3n) is 2.92. The molecule has 0 aliphatic heterocycles. The number of benzene rings is 1. The summed E-state index contributed by atoms with van der Waals surface area (Å²) in [5, 5.41) is 24.1. The zero-order valence-electron chi connectivity index (χ0n) is 10.7. The lowest BCUT2D eigenvalue weighted by Crippen LogP contribution is -2.39. The third-order valence-corrected chi connectivity index (χ3v) is 2.92. The van der Waals surface area contributed by atoms with Crippen LogP contribution in [0.5, 0.6) is 0 Å². The van der Waals surface area contributed by atoms with Crippen LogP contribution >= 0.6 is 0 Å². The molecule has 1 atom stereocenters. The average Bonchev–Trinajstić information content (AvgIpc) is 2.82. The Morgan fingerprint density at radius 3 is 2.44 bits per heavy atom. The Morgan fingerprint density at radius 2 is 1.94 bits per heavy atom. The van der Waals surface area contributed by atoms with E-state index >= 15 is 0 Å². The van der Waals surface area contributed by atoms with E-state index in [9.17, 15) is 5.11 Å². The lowest BCUT2D eigenvalue weighted by molar-refractivity contribution is 0.0649. The van der Waals surface area contributed by atoms with Crippen molar-refractivity contribution < 1.29 is 5.11 Å². The number of aromatic nitrogens is 4. The van der Waals surface area contributed by atoms with Crippen molar-refractivity contribution in [3.8, 4) is 5.69 Å². The van der Waals surface area contributed by atoms with Gasteiger partial charge >= 0.3 is 0 Å². The number of nitrogens with zero attached hydrogens (tertiary/aromatic N) is 4. The van der Waals surface area contributed by atoms with Gasteiger partial charge in [-0.15, -0.1) is 5.10 Å². The largest absolute Gasteiger partial charge is 0.388 e. The van der Waals surface area contributed by atoms with E-state index in [0.29, 0.717) is 0 Å². The van der Waals surface area contributed by atoms with E-state index in [-0.39, 0.29) is 6.04 Å². The van der Waals surface area contributed by atoms with Gasteiger partial charge in [0.1, 0.15) is 6.33 Å². The summed E-state index contributed by atoms with van der Waals surface area (Å²) >= 11 is 0. The minimum absolute atomic E-state index is 0.0450. The molecule has 0 bridgehead atoms. The summed E-state index contributed by atoms with van der Waals surface area (Å²) in [6.07, 6.45) is 1.54. The van der Waals surface area contributed by atoms with Crippen LogP contribution in [0.25, 0.3) is 5.69 Å². The maximum Gasteiger partial charge on any atom is 0.143 e. The minimum atomic E-state index is -0.769. The van der Waals surface area contributed by atoms with Crippen molar-refractivity contribution in [3.05, 3.63) is 30.6 Å². The molecule has 0 radical (unpaired) electrons. The molecule has 0 spiro atoms. The normalized spacial score (nSPS) is 13.3. The number of rotatable bonds is 4. The van der Waals surface area contributed by atoms with Gasteiger partial charge in [-0.3, -0.25) is 0 Å². The Hall–Kier alpha value is -1.95. The molecule has 2 aromatic rings. The van der Waals surface area contributed by atoms with Crippen LogP contribution in [0.1, 0.15) is 20.8 Å². The Morgan fingerprint density at radius 1 is 1.28 bits per heavy atom. The lowest BCUT2D eigenvalue weighted by Gasteiger charge is -2.27. The minimum Gasteiger partial charge on any atom is -0.388 e. The number of hydrogen-bond acceptors (Lipinski definition) is 5. The number of nitrogens with one attached hydrogen (secondary N) is 1. The van der Waals surface area contributed by atoms with Crippen LogP contribution in [0, 0.1) is 0 Å². The Bertz CT molecular complexity index is 486. The highest BCUT2D eigenvalue weighted by atomic mass is 16.3. The summed E-state index contributed by atoms with van der Waals surface area (Å²) in [5.41, 5.74) is 1.07. The molecule has 0 amide bonds. The van der Waals surface area contributed by atoms with Crippen LogP contribution in [0.2, 0.25) is 0 Å². The fourth-order valence-corrected chi connectivity index (χ4v) is 1.42. The predicted molar refractivity (Wildman–Crippen MR) is 68.5 cm³/mol. The van der Waals surface area contributed by atoms with Gasteiger partial charge in [-0.1, -0.05) is 0 Å². The molecule has 6 nitrogen and oxygen atoms in total. The van der Waals surface area contributed by atoms with Crippen molar-refractivity contribution in [1.29, 1.82) is 0 Å². The molecular formula is C12H17N5O. The fourth-order valence-electron chi connectivity index (χ4n) is 1.42. The van der Waals surface area contributed by atoms with E-state index in [1.54, 1.807) is 24.9 Å². The van der Waals surface area contributed by atoms with E-state index in [4.69, 9.17) is 0 Å². The van der Waals surface area contributed by atoms with Crippen LogP contribution in [0.15, 0.2) is 30.6 Å². The molecule has 2 rings (SSSR count). The number of tetrazole rings is 1. The predicted octanol–water partition coefficient (Wildman–Crippen LogP) is 1.23. The Kier molecular flexibility index (Phi) is 3.29. The maximum absolute atomic E-state index is 9.86. The first-order valence-corrected chi connectivity index (χ1v) is 5.79. The molecule has 0 fully saturated rings. The van der Waals surface area contributed by atoms with Crippen LogP contribution in [0.3, 0.4) is 0 Å².